The van der Waals surface area contributed by atoms with Gasteiger partial charge in [-0.3, -0.25) is 9.10 Å². The lowest BCUT2D eigenvalue weighted by molar-refractivity contribution is -0.119. The third-order valence-corrected chi connectivity index (χ3v) is 6.15. The van der Waals surface area contributed by atoms with Crippen molar-refractivity contribution in [2.24, 2.45) is 0 Å². The van der Waals surface area contributed by atoms with Crippen LogP contribution in [0.4, 0.5) is 5.69 Å². The second-order valence-electron chi connectivity index (χ2n) is 7.23. The Hall–Kier alpha value is -3.38. The van der Waals surface area contributed by atoms with E-state index in [2.05, 4.69) is 5.32 Å². The molecule has 152 valence electrons. The molecule has 0 aliphatic heterocycles. The highest BCUT2D eigenvalue weighted by molar-refractivity contribution is 7.92. The van der Waals surface area contributed by atoms with Crippen molar-refractivity contribution < 1.29 is 13.2 Å². The van der Waals surface area contributed by atoms with Crippen LogP contribution >= 0.6 is 0 Å². The smallest absolute Gasteiger partial charge is 0.241 e. The van der Waals surface area contributed by atoms with Gasteiger partial charge in [0.05, 0.1) is 11.9 Å². The number of benzene rings is 4. The number of nitrogens with zero attached hydrogens (tertiary/aromatic N) is 1. The molecule has 0 aromatic heterocycles. The van der Waals surface area contributed by atoms with Crippen LogP contribution in [0.15, 0.2) is 84.9 Å². The first-order valence-electron chi connectivity index (χ1n) is 9.62. The number of hydrogen-bond donors (Lipinski definition) is 1. The summed E-state index contributed by atoms with van der Waals surface area (Å²) in [7, 11) is -3.64. The zero-order chi connectivity index (χ0) is 21.1. The van der Waals surface area contributed by atoms with Gasteiger partial charge in [-0.1, -0.05) is 72.8 Å². The van der Waals surface area contributed by atoms with Crippen LogP contribution in [0.3, 0.4) is 0 Å². The van der Waals surface area contributed by atoms with Gasteiger partial charge in [0, 0.05) is 11.9 Å². The maximum absolute atomic E-state index is 12.6. The minimum absolute atomic E-state index is 0.277. The highest BCUT2D eigenvalue weighted by Gasteiger charge is 2.22. The van der Waals surface area contributed by atoms with E-state index in [0.29, 0.717) is 12.2 Å². The van der Waals surface area contributed by atoms with E-state index in [1.54, 1.807) is 12.1 Å². The SMILES string of the molecule is CS(=O)(=O)N(CC(=O)NCc1ccc2ccccc2c1)c1cccc2ccccc12. The van der Waals surface area contributed by atoms with Crippen LogP contribution in [0.5, 0.6) is 0 Å². The lowest BCUT2D eigenvalue weighted by atomic mass is 10.1. The molecule has 30 heavy (non-hydrogen) atoms. The van der Waals surface area contributed by atoms with E-state index in [-0.39, 0.29) is 12.5 Å². The van der Waals surface area contributed by atoms with E-state index in [0.717, 1.165) is 37.7 Å². The van der Waals surface area contributed by atoms with Gasteiger partial charge < -0.3 is 5.32 Å². The minimum Gasteiger partial charge on any atom is -0.350 e. The lowest BCUT2D eigenvalue weighted by Gasteiger charge is -2.23. The molecule has 0 bridgehead atoms. The van der Waals surface area contributed by atoms with Gasteiger partial charge in [-0.2, -0.15) is 0 Å². The van der Waals surface area contributed by atoms with Crippen LogP contribution in [0.25, 0.3) is 21.5 Å². The number of anilines is 1. The first kappa shape index (κ1) is 19.9. The van der Waals surface area contributed by atoms with Crippen LogP contribution in [-0.4, -0.2) is 27.1 Å². The second-order valence-corrected chi connectivity index (χ2v) is 9.13. The molecule has 4 aromatic carbocycles. The molecular formula is C24H22N2O3S. The van der Waals surface area contributed by atoms with Crippen molar-refractivity contribution in [1.29, 1.82) is 0 Å². The van der Waals surface area contributed by atoms with Crippen molar-refractivity contribution in [3.8, 4) is 0 Å². The molecule has 4 rings (SSSR count). The first-order chi connectivity index (χ1) is 14.4. The van der Waals surface area contributed by atoms with Crippen molar-refractivity contribution in [1.82, 2.24) is 5.32 Å². The van der Waals surface area contributed by atoms with Crippen LogP contribution in [0.1, 0.15) is 5.56 Å². The summed E-state index contributed by atoms with van der Waals surface area (Å²) in [6.07, 6.45) is 1.12. The number of carbonyl (C=O) groups is 1. The molecule has 0 heterocycles. The van der Waals surface area contributed by atoms with E-state index in [1.165, 1.54) is 0 Å². The van der Waals surface area contributed by atoms with Crippen molar-refractivity contribution in [2.45, 2.75) is 6.54 Å². The largest absolute Gasteiger partial charge is 0.350 e. The number of nitrogens with one attached hydrogen (secondary N) is 1. The monoisotopic (exact) mass is 418 g/mol. The van der Waals surface area contributed by atoms with Gasteiger partial charge >= 0.3 is 0 Å². The Morgan fingerprint density at radius 1 is 0.833 bits per heavy atom. The Balaban J connectivity index is 1.54. The predicted octanol–water partition coefficient (Wildman–Crippen LogP) is 4.08. The molecule has 1 amide bonds. The van der Waals surface area contributed by atoms with Crippen LogP contribution in [0.2, 0.25) is 0 Å². The molecule has 6 heteroatoms. The molecule has 1 N–H and O–H groups in total. The van der Waals surface area contributed by atoms with Crippen molar-refractivity contribution in [2.75, 3.05) is 17.1 Å². The third-order valence-electron chi connectivity index (χ3n) is 5.03. The van der Waals surface area contributed by atoms with E-state index in [4.69, 9.17) is 0 Å². The molecule has 0 spiro atoms. The average Bonchev–Trinajstić information content (AvgIpc) is 2.75. The summed E-state index contributed by atoms with van der Waals surface area (Å²) in [5, 5.41) is 6.77. The van der Waals surface area contributed by atoms with Gasteiger partial charge in [0.1, 0.15) is 6.54 Å². The van der Waals surface area contributed by atoms with E-state index >= 15 is 0 Å². The highest BCUT2D eigenvalue weighted by atomic mass is 32.2. The zero-order valence-corrected chi connectivity index (χ0v) is 17.4. The molecule has 0 saturated heterocycles. The molecular weight excluding hydrogens is 396 g/mol. The summed E-state index contributed by atoms with van der Waals surface area (Å²) in [5.74, 6) is -0.360. The molecule has 0 aliphatic rings. The Kier molecular flexibility index (Phi) is 5.42. The van der Waals surface area contributed by atoms with Crippen molar-refractivity contribution in [3.63, 3.8) is 0 Å². The predicted molar refractivity (Wildman–Crippen MR) is 122 cm³/mol. The van der Waals surface area contributed by atoms with Gasteiger partial charge in [-0.25, -0.2) is 8.42 Å². The van der Waals surface area contributed by atoms with Gasteiger partial charge in [-0.05, 0) is 33.9 Å². The van der Waals surface area contributed by atoms with Crippen molar-refractivity contribution in [3.05, 3.63) is 90.5 Å². The fraction of sp³-hybridized carbons (Fsp3) is 0.125. The number of sulfonamides is 1. The molecule has 0 aliphatic carbocycles. The Morgan fingerprint density at radius 3 is 2.27 bits per heavy atom. The highest BCUT2D eigenvalue weighted by Crippen LogP contribution is 2.28. The molecule has 0 radical (unpaired) electrons. The molecule has 5 nitrogen and oxygen atoms in total. The molecule has 0 fully saturated rings. The van der Waals surface area contributed by atoms with Crippen LogP contribution < -0.4 is 9.62 Å². The number of carbonyl (C=O) groups excluding carboxylic acids is 1. The maximum atomic E-state index is 12.6. The van der Waals surface area contributed by atoms with Crippen molar-refractivity contribution >= 4 is 43.2 Å². The number of hydrogen-bond acceptors (Lipinski definition) is 3. The normalized spacial score (nSPS) is 11.5. The van der Waals surface area contributed by atoms with Gasteiger partial charge in [0.15, 0.2) is 0 Å². The topological polar surface area (TPSA) is 66.5 Å². The van der Waals surface area contributed by atoms with Crippen LogP contribution in [-0.2, 0) is 21.4 Å². The summed E-state index contributed by atoms with van der Waals surface area (Å²) in [6.45, 7) is 0.0528. The molecule has 4 aromatic rings. The quantitative estimate of drug-likeness (QED) is 0.513. The van der Waals surface area contributed by atoms with Gasteiger partial charge in [-0.15, -0.1) is 0 Å². The maximum Gasteiger partial charge on any atom is 0.241 e. The van der Waals surface area contributed by atoms with E-state index < -0.39 is 10.0 Å². The van der Waals surface area contributed by atoms with E-state index in [1.807, 2.05) is 72.8 Å². The first-order valence-corrected chi connectivity index (χ1v) is 11.5. The summed E-state index contributed by atoms with van der Waals surface area (Å²) < 4.78 is 26.1. The standard InChI is InChI=1S/C24H22N2O3S/c1-30(28,29)26(23-12-6-10-20-8-4-5-11-22(20)23)17-24(27)25-16-18-13-14-19-7-2-3-9-21(19)15-18/h2-15H,16-17H2,1H3,(H,25,27). The second kappa shape index (κ2) is 8.16. The fourth-order valence-corrected chi connectivity index (χ4v) is 4.41. The Bertz CT molecular complexity index is 1330. The summed E-state index contributed by atoms with van der Waals surface area (Å²) in [6, 6.07) is 27.0. The van der Waals surface area contributed by atoms with Crippen LogP contribution in [0, 0.1) is 0 Å². The average molecular weight is 419 g/mol. The van der Waals surface area contributed by atoms with E-state index in [9.17, 15) is 13.2 Å². The van der Waals surface area contributed by atoms with Gasteiger partial charge in [0.25, 0.3) is 0 Å². The fourth-order valence-electron chi connectivity index (χ4n) is 3.54. The number of rotatable bonds is 6. The zero-order valence-electron chi connectivity index (χ0n) is 16.6. The summed E-state index contributed by atoms with van der Waals surface area (Å²) in [4.78, 5) is 12.6. The Morgan fingerprint density at radius 2 is 1.50 bits per heavy atom. The number of fused-ring (bicyclic) bond motifs is 2. The summed E-state index contributed by atoms with van der Waals surface area (Å²) >= 11 is 0. The summed E-state index contributed by atoms with van der Waals surface area (Å²) in [5.41, 5.74) is 1.45. The lowest BCUT2D eigenvalue weighted by Crippen LogP contribution is -2.40. The molecule has 0 atom stereocenters. The number of amides is 1. The molecule has 0 unspecified atom stereocenters. The third kappa shape index (κ3) is 4.28. The molecule has 0 saturated carbocycles. The minimum atomic E-state index is -3.64. The van der Waals surface area contributed by atoms with Gasteiger partial charge in [0.2, 0.25) is 15.9 Å². The Labute approximate surface area is 176 Å².